The van der Waals surface area contributed by atoms with E-state index in [1.807, 2.05) is 9.62 Å². The fourth-order valence-electron chi connectivity index (χ4n) is 4.10. The average Bonchev–Trinajstić information content (AvgIpc) is 3.30. The molecule has 1 atom stereocenters. The van der Waals surface area contributed by atoms with Crippen LogP contribution in [0.4, 0.5) is 4.39 Å². The molecule has 0 saturated carbocycles. The van der Waals surface area contributed by atoms with Crippen LogP contribution in [0.25, 0.3) is 11.0 Å². The number of benzene rings is 2. The number of fused-ring (bicyclic) bond motifs is 1. The highest BCUT2D eigenvalue weighted by atomic mass is 32.2. The number of nitrogens with zero attached hydrogens (tertiary/aromatic N) is 1. The van der Waals surface area contributed by atoms with Gasteiger partial charge < -0.3 is 14.8 Å². The molecule has 2 amide bonds. The molecule has 1 unspecified atom stereocenters. The van der Waals surface area contributed by atoms with E-state index >= 15 is 0 Å². The maximum Gasteiger partial charge on any atom is 0.300 e. The first kappa shape index (κ1) is 25.5. The van der Waals surface area contributed by atoms with E-state index in [4.69, 9.17) is 4.42 Å². The summed E-state index contributed by atoms with van der Waals surface area (Å²) in [6.07, 6.45) is 2.01. The van der Waals surface area contributed by atoms with Crippen LogP contribution in [-0.4, -0.2) is 49.6 Å². The number of likely N-dealkylation sites (tertiary alicyclic amines) is 1. The van der Waals surface area contributed by atoms with Crippen molar-refractivity contribution in [3.05, 3.63) is 78.3 Å². The lowest BCUT2D eigenvalue weighted by molar-refractivity contribution is -0.127. The molecule has 11 heteroatoms. The zero-order valence-corrected chi connectivity index (χ0v) is 20.1. The van der Waals surface area contributed by atoms with Crippen molar-refractivity contribution in [2.24, 2.45) is 5.92 Å². The fraction of sp³-hybridized carbons (Fsp3) is 0.280. The Morgan fingerprint density at radius 1 is 1.19 bits per heavy atom. The summed E-state index contributed by atoms with van der Waals surface area (Å²) in [6, 6.07) is 11.2. The van der Waals surface area contributed by atoms with Crippen molar-refractivity contribution in [3.8, 4) is 0 Å². The van der Waals surface area contributed by atoms with Gasteiger partial charge in [-0.25, -0.2) is 17.5 Å². The lowest BCUT2D eigenvalue weighted by Crippen LogP contribution is -2.44. The number of piperidine rings is 1. The van der Waals surface area contributed by atoms with Crippen LogP contribution in [0.1, 0.15) is 29.0 Å². The minimum atomic E-state index is -4.43. The molecule has 1 aromatic heterocycles. The number of aliphatic hydroxyl groups excluding tert-OH is 1. The van der Waals surface area contributed by atoms with Gasteiger partial charge in [-0.05, 0) is 48.7 Å². The number of hydrogen-bond donors (Lipinski definition) is 3. The molecule has 3 N–H and O–H groups in total. The van der Waals surface area contributed by atoms with Crippen molar-refractivity contribution < 1.29 is 31.9 Å². The molecule has 9 nitrogen and oxygen atoms in total. The number of hydrogen-bond acceptors (Lipinski definition) is 7. The van der Waals surface area contributed by atoms with Gasteiger partial charge in [0.2, 0.25) is 5.91 Å². The van der Waals surface area contributed by atoms with Gasteiger partial charge in [0.1, 0.15) is 22.5 Å². The molecule has 1 aliphatic rings. The van der Waals surface area contributed by atoms with E-state index in [-0.39, 0.29) is 24.1 Å². The van der Waals surface area contributed by atoms with Gasteiger partial charge in [0.25, 0.3) is 10.0 Å². The van der Waals surface area contributed by atoms with E-state index in [1.165, 1.54) is 24.3 Å². The second kappa shape index (κ2) is 10.6. The summed E-state index contributed by atoms with van der Waals surface area (Å²) in [6.45, 7) is 5.02. The van der Waals surface area contributed by atoms with Crippen molar-refractivity contribution in [1.29, 1.82) is 0 Å². The van der Waals surface area contributed by atoms with Crippen LogP contribution >= 0.6 is 0 Å². The Hall–Kier alpha value is -3.54. The van der Waals surface area contributed by atoms with Crippen molar-refractivity contribution in [1.82, 2.24) is 14.9 Å². The molecule has 2 aromatic carbocycles. The third kappa shape index (κ3) is 5.64. The predicted molar refractivity (Wildman–Crippen MR) is 130 cm³/mol. The van der Waals surface area contributed by atoms with Gasteiger partial charge in [-0.2, -0.15) is 0 Å². The standard InChI is InChI=1S/C25H26FN3O6S/c1-2-23(30)29-11-9-17(10-12-29)24(31)27-15-16-7-8-18-14-21(35-20(18)13-16)25(32)28-36(33,34)22-6-4-3-5-19(22)26/h2-8,13-14,17,23,30H,1,9-12,15H2,(H,27,31)(H,28,32). The lowest BCUT2D eigenvalue weighted by atomic mass is 9.95. The van der Waals surface area contributed by atoms with Gasteiger partial charge in [-0.1, -0.05) is 30.8 Å². The minimum Gasteiger partial charge on any atom is -0.451 e. The van der Waals surface area contributed by atoms with Crippen LogP contribution < -0.4 is 10.0 Å². The number of aliphatic hydroxyl groups is 1. The molecule has 3 aromatic rings. The SMILES string of the molecule is C=CC(O)N1CCC(C(=O)NCc2ccc3cc(C(=O)NS(=O)(=O)c4ccccc4F)oc3c2)CC1. The number of amides is 2. The molecule has 36 heavy (non-hydrogen) atoms. The van der Waals surface area contributed by atoms with Crippen LogP contribution in [0.3, 0.4) is 0 Å². The number of carbonyl (C=O) groups is 2. The third-order valence-corrected chi connectivity index (χ3v) is 7.48. The highest BCUT2D eigenvalue weighted by molar-refractivity contribution is 7.90. The maximum absolute atomic E-state index is 13.9. The number of halogens is 1. The van der Waals surface area contributed by atoms with E-state index in [0.717, 1.165) is 17.7 Å². The number of sulfonamides is 1. The predicted octanol–water partition coefficient (Wildman–Crippen LogP) is 2.52. The van der Waals surface area contributed by atoms with Gasteiger partial charge in [0.05, 0.1) is 0 Å². The van der Waals surface area contributed by atoms with Crippen LogP contribution in [0.5, 0.6) is 0 Å². The topological polar surface area (TPSA) is 129 Å². The summed E-state index contributed by atoms with van der Waals surface area (Å²) in [5.41, 5.74) is 1.07. The van der Waals surface area contributed by atoms with E-state index in [1.54, 1.807) is 18.2 Å². The normalized spacial score (nSPS) is 15.9. The Labute approximate surface area is 207 Å². The van der Waals surface area contributed by atoms with Crippen molar-refractivity contribution in [2.75, 3.05) is 13.1 Å². The van der Waals surface area contributed by atoms with Gasteiger partial charge in [-0.3, -0.25) is 14.5 Å². The van der Waals surface area contributed by atoms with Gasteiger partial charge in [0, 0.05) is 30.9 Å². The van der Waals surface area contributed by atoms with Crippen LogP contribution in [0, 0.1) is 11.7 Å². The molecule has 0 aliphatic carbocycles. The van der Waals surface area contributed by atoms with Gasteiger partial charge in [-0.15, -0.1) is 0 Å². The molecular weight excluding hydrogens is 489 g/mol. The first-order valence-electron chi connectivity index (χ1n) is 11.3. The molecule has 1 fully saturated rings. The summed E-state index contributed by atoms with van der Waals surface area (Å²) < 4.78 is 46.0. The lowest BCUT2D eigenvalue weighted by Gasteiger charge is -2.33. The third-order valence-electron chi connectivity index (χ3n) is 6.11. The Kier molecular flexibility index (Phi) is 7.53. The van der Waals surface area contributed by atoms with E-state index in [0.29, 0.717) is 36.9 Å². The van der Waals surface area contributed by atoms with Crippen LogP contribution in [0.15, 0.2) is 70.5 Å². The fourth-order valence-corrected chi connectivity index (χ4v) is 5.13. The van der Waals surface area contributed by atoms with Crippen molar-refractivity contribution in [3.63, 3.8) is 0 Å². The molecule has 2 heterocycles. The number of carbonyl (C=O) groups excluding carboxylic acids is 2. The average molecular weight is 516 g/mol. The van der Waals surface area contributed by atoms with Crippen LogP contribution in [-0.2, 0) is 21.4 Å². The first-order valence-corrected chi connectivity index (χ1v) is 12.8. The van der Waals surface area contributed by atoms with Crippen molar-refractivity contribution >= 4 is 32.8 Å². The maximum atomic E-state index is 13.9. The molecule has 1 saturated heterocycles. The summed E-state index contributed by atoms with van der Waals surface area (Å²) in [5, 5.41) is 13.3. The second-order valence-corrected chi connectivity index (χ2v) is 10.2. The first-order chi connectivity index (χ1) is 17.2. The largest absolute Gasteiger partial charge is 0.451 e. The smallest absolute Gasteiger partial charge is 0.300 e. The summed E-state index contributed by atoms with van der Waals surface area (Å²) in [5.74, 6) is -2.50. The zero-order chi connectivity index (χ0) is 25.9. The van der Waals surface area contributed by atoms with Crippen LogP contribution in [0.2, 0.25) is 0 Å². The van der Waals surface area contributed by atoms with E-state index in [2.05, 4.69) is 11.9 Å². The molecule has 4 rings (SSSR count). The monoisotopic (exact) mass is 515 g/mol. The van der Waals surface area contributed by atoms with E-state index in [9.17, 15) is 27.5 Å². The Morgan fingerprint density at radius 3 is 2.61 bits per heavy atom. The molecule has 0 spiro atoms. The van der Waals surface area contributed by atoms with Gasteiger partial charge >= 0.3 is 5.91 Å². The zero-order valence-electron chi connectivity index (χ0n) is 19.3. The Bertz CT molecular complexity index is 1400. The molecule has 190 valence electrons. The molecule has 0 bridgehead atoms. The van der Waals surface area contributed by atoms with Crippen molar-refractivity contribution in [2.45, 2.75) is 30.5 Å². The summed E-state index contributed by atoms with van der Waals surface area (Å²) in [7, 11) is -4.43. The Morgan fingerprint density at radius 2 is 1.92 bits per heavy atom. The molecule has 1 aliphatic heterocycles. The van der Waals surface area contributed by atoms with E-state index < -0.39 is 32.9 Å². The number of rotatable bonds is 8. The van der Waals surface area contributed by atoms with Gasteiger partial charge in [0.15, 0.2) is 5.76 Å². The molecular formula is C25H26FN3O6S. The summed E-state index contributed by atoms with van der Waals surface area (Å²) in [4.78, 5) is 26.3. The Balaban J connectivity index is 1.37. The highest BCUT2D eigenvalue weighted by Crippen LogP contribution is 2.23. The minimum absolute atomic E-state index is 0.0827. The second-order valence-electron chi connectivity index (χ2n) is 8.53. The quantitative estimate of drug-likeness (QED) is 0.393. The highest BCUT2D eigenvalue weighted by Gasteiger charge is 2.27. The number of nitrogens with one attached hydrogen (secondary N) is 2. The molecule has 0 radical (unpaired) electrons. The number of furan rings is 1. The summed E-state index contributed by atoms with van der Waals surface area (Å²) >= 11 is 0.